The number of hydrogen-bond acceptors (Lipinski definition) is 6. The van der Waals surface area contributed by atoms with E-state index in [0.717, 1.165) is 12.0 Å². The van der Waals surface area contributed by atoms with Crippen LogP contribution in [0.25, 0.3) is 0 Å². The summed E-state index contributed by atoms with van der Waals surface area (Å²) in [6.07, 6.45) is 5.16. The second-order valence-corrected chi connectivity index (χ2v) is 8.13. The fourth-order valence-corrected chi connectivity index (χ4v) is 4.46. The van der Waals surface area contributed by atoms with Crippen LogP contribution >= 0.6 is 0 Å². The molecule has 0 aromatic heterocycles. The van der Waals surface area contributed by atoms with E-state index in [-0.39, 0.29) is 16.6 Å². The third-order valence-corrected chi connectivity index (χ3v) is 6.63. The molecule has 0 spiro atoms. The monoisotopic (exact) mass is 372 g/mol. The number of esters is 1. The van der Waals surface area contributed by atoms with Crippen molar-refractivity contribution in [3.05, 3.63) is 17.7 Å². The van der Waals surface area contributed by atoms with Crippen LogP contribution in [0.5, 0.6) is 17.2 Å². The zero-order valence-corrected chi connectivity index (χ0v) is 17.0. The van der Waals surface area contributed by atoms with Gasteiger partial charge in [-0.2, -0.15) is 10.2 Å². The van der Waals surface area contributed by atoms with Crippen molar-refractivity contribution in [1.29, 1.82) is 0 Å². The molecule has 0 radical (unpaired) electrons. The lowest BCUT2D eigenvalue weighted by molar-refractivity contribution is -0.132. The summed E-state index contributed by atoms with van der Waals surface area (Å²) in [5.74, 6) is 1.34. The Labute approximate surface area is 160 Å². The van der Waals surface area contributed by atoms with E-state index >= 15 is 0 Å². The summed E-state index contributed by atoms with van der Waals surface area (Å²) >= 11 is 0. The number of fused-ring (bicyclic) bond motifs is 2. The van der Waals surface area contributed by atoms with Gasteiger partial charge in [0.25, 0.3) is 0 Å². The Kier molecular flexibility index (Phi) is 5.02. The first-order chi connectivity index (χ1) is 12.7. The molecule has 2 unspecified atom stereocenters. The highest BCUT2D eigenvalue weighted by Crippen LogP contribution is 2.64. The predicted molar refractivity (Wildman–Crippen MR) is 105 cm³/mol. The van der Waals surface area contributed by atoms with E-state index in [1.807, 2.05) is 0 Å². The molecule has 3 rings (SSSR count). The van der Waals surface area contributed by atoms with Crippen LogP contribution in [0.4, 0.5) is 0 Å². The van der Waals surface area contributed by atoms with Crippen LogP contribution in [-0.2, 0) is 4.79 Å². The van der Waals surface area contributed by atoms with Crippen LogP contribution in [0.3, 0.4) is 0 Å². The summed E-state index contributed by atoms with van der Waals surface area (Å²) in [6, 6.07) is 3.49. The van der Waals surface area contributed by atoms with E-state index in [0.29, 0.717) is 17.4 Å². The lowest BCUT2D eigenvalue weighted by atomic mass is 9.70. The van der Waals surface area contributed by atoms with Crippen molar-refractivity contribution in [2.24, 2.45) is 27.0 Å². The minimum absolute atomic E-state index is 0.129. The molecule has 0 heterocycles. The first kappa shape index (κ1) is 19.4. The van der Waals surface area contributed by atoms with Gasteiger partial charge in [-0.1, -0.05) is 20.8 Å². The maximum atomic E-state index is 11.3. The molecule has 27 heavy (non-hydrogen) atoms. The average molecular weight is 372 g/mol. The van der Waals surface area contributed by atoms with Crippen molar-refractivity contribution < 1.29 is 19.0 Å². The number of benzene rings is 1. The topological polar surface area (TPSA) is 69.5 Å². The Bertz CT molecular complexity index is 787. The van der Waals surface area contributed by atoms with Gasteiger partial charge < -0.3 is 14.2 Å². The van der Waals surface area contributed by atoms with Gasteiger partial charge in [-0.05, 0) is 42.7 Å². The summed E-state index contributed by atoms with van der Waals surface area (Å²) < 4.78 is 15.9. The number of rotatable bonds is 5. The van der Waals surface area contributed by atoms with Crippen LogP contribution in [0.2, 0.25) is 0 Å². The maximum Gasteiger partial charge on any atom is 0.308 e. The molecule has 6 heteroatoms. The van der Waals surface area contributed by atoms with Gasteiger partial charge in [0.05, 0.1) is 20.4 Å². The third kappa shape index (κ3) is 3.22. The molecular formula is C21H28N2O4. The molecule has 0 aliphatic heterocycles. The maximum absolute atomic E-state index is 11.3. The molecule has 0 saturated heterocycles. The van der Waals surface area contributed by atoms with Gasteiger partial charge in [-0.15, -0.1) is 0 Å². The van der Waals surface area contributed by atoms with Gasteiger partial charge in [0.1, 0.15) is 0 Å². The van der Waals surface area contributed by atoms with Gasteiger partial charge in [0, 0.05) is 23.6 Å². The van der Waals surface area contributed by atoms with Gasteiger partial charge in [-0.25, -0.2) is 0 Å². The standard InChI is InChI=1S/C21H28N2O4/c1-13(24)27-19-16(25-5)9-14(10-17(19)26-6)12-22-23-18-11-15-7-8-21(18,4)20(15,2)3/h9-10,12,15H,7-8,11H2,1-6H3. The first-order valence-corrected chi connectivity index (χ1v) is 9.27. The molecule has 2 aliphatic carbocycles. The zero-order chi connectivity index (χ0) is 19.8. The number of carbonyl (C=O) groups excluding carboxylic acids is 1. The molecule has 2 saturated carbocycles. The first-order valence-electron chi connectivity index (χ1n) is 9.27. The van der Waals surface area contributed by atoms with E-state index in [1.54, 1.807) is 18.3 Å². The molecule has 6 nitrogen and oxygen atoms in total. The summed E-state index contributed by atoms with van der Waals surface area (Å²) in [7, 11) is 3.03. The molecule has 2 atom stereocenters. The average Bonchev–Trinajstić information content (AvgIpc) is 2.95. The molecule has 1 aromatic carbocycles. The van der Waals surface area contributed by atoms with Crippen molar-refractivity contribution >= 4 is 17.9 Å². The highest BCUT2D eigenvalue weighted by Gasteiger charge is 2.59. The minimum atomic E-state index is -0.438. The summed E-state index contributed by atoms with van der Waals surface area (Å²) in [5.41, 5.74) is 2.36. The summed E-state index contributed by atoms with van der Waals surface area (Å²) in [4.78, 5) is 11.3. The summed E-state index contributed by atoms with van der Waals surface area (Å²) in [5, 5.41) is 8.91. The molecular weight excluding hydrogens is 344 g/mol. The van der Waals surface area contributed by atoms with Crippen LogP contribution in [0.15, 0.2) is 22.3 Å². The highest BCUT2D eigenvalue weighted by molar-refractivity contribution is 5.95. The molecule has 1 aromatic rings. The Hall–Kier alpha value is -2.37. The van der Waals surface area contributed by atoms with Crippen LogP contribution < -0.4 is 14.2 Å². The van der Waals surface area contributed by atoms with Crippen LogP contribution in [0, 0.1) is 16.7 Å². The van der Waals surface area contributed by atoms with Crippen molar-refractivity contribution in [1.82, 2.24) is 0 Å². The van der Waals surface area contributed by atoms with Crippen molar-refractivity contribution in [2.75, 3.05) is 14.2 Å². The number of carbonyl (C=O) groups is 1. The zero-order valence-electron chi connectivity index (χ0n) is 17.0. The van der Waals surface area contributed by atoms with Gasteiger partial charge in [-0.3, -0.25) is 4.79 Å². The molecule has 2 aliphatic rings. The van der Waals surface area contributed by atoms with Gasteiger partial charge >= 0.3 is 5.97 Å². The fourth-order valence-electron chi connectivity index (χ4n) is 4.46. The Balaban J connectivity index is 1.87. The smallest absolute Gasteiger partial charge is 0.308 e. The Morgan fingerprint density at radius 3 is 2.26 bits per heavy atom. The minimum Gasteiger partial charge on any atom is -0.493 e. The Morgan fingerprint density at radius 1 is 1.19 bits per heavy atom. The van der Waals surface area contributed by atoms with Crippen molar-refractivity contribution in [3.63, 3.8) is 0 Å². The Morgan fingerprint density at radius 2 is 1.81 bits per heavy atom. The lowest BCUT2D eigenvalue weighted by Gasteiger charge is -2.34. The largest absolute Gasteiger partial charge is 0.493 e. The van der Waals surface area contributed by atoms with Gasteiger partial charge in [0.15, 0.2) is 11.5 Å². The van der Waals surface area contributed by atoms with E-state index in [1.165, 1.54) is 39.7 Å². The third-order valence-electron chi connectivity index (χ3n) is 6.63. The molecule has 2 fully saturated rings. The number of hydrogen-bond donors (Lipinski definition) is 0. The van der Waals surface area contributed by atoms with E-state index < -0.39 is 5.97 Å². The quantitative estimate of drug-likeness (QED) is 0.335. The second-order valence-electron chi connectivity index (χ2n) is 8.13. The molecule has 146 valence electrons. The lowest BCUT2D eigenvalue weighted by Crippen LogP contribution is -2.32. The normalized spacial score (nSPS) is 27.3. The number of methoxy groups -OCH3 is 2. The fraction of sp³-hybridized carbons (Fsp3) is 0.571. The van der Waals surface area contributed by atoms with E-state index in [9.17, 15) is 4.79 Å². The highest BCUT2D eigenvalue weighted by atomic mass is 16.6. The van der Waals surface area contributed by atoms with Crippen molar-refractivity contribution in [2.45, 2.75) is 47.0 Å². The molecule has 0 amide bonds. The SMILES string of the molecule is COc1cc(C=NN=C2CC3CCC2(C)C3(C)C)cc(OC)c1OC(C)=O. The van der Waals surface area contributed by atoms with Crippen molar-refractivity contribution in [3.8, 4) is 17.2 Å². The van der Waals surface area contributed by atoms with E-state index in [2.05, 4.69) is 31.0 Å². The molecule has 2 bridgehead atoms. The predicted octanol–water partition coefficient (Wildman–Crippen LogP) is 4.25. The van der Waals surface area contributed by atoms with Gasteiger partial charge in [0.2, 0.25) is 5.75 Å². The van der Waals surface area contributed by atoms with Crippen LogP contribution in [-0.4, -0.2) is 32.1 Å². The summed E-state index contributed by atoms with van der Waals surface area (Å²) in [6.45, 7) is 8.34. The van der Waals surface area contributed by atoms with Crippen LogP contribution in [0.1, 0.15) is 52.5 Å². The van der Waals surface area contributed by atoms with E-state index in [4.69, 9.17) is 14.2 Å². The molecule has 0 N–H and O–H groups in total. The second kappa shape index (κ2) is 6.98. The number of ether oxygens (including phenoxy) is 3. The number of nitrogens with zero attached hydrogens (tertiary/aromatic N) is 2.